The summed E-state index contributed by atoms with van der Waals surface area (Å²) in [5.74, 6) is -1.79. The number of rotatable bonds is 8. The summed E-state index contributed by atoms with van der Waals surface area (Å²) < 4.78 is 35.2. The monoisotopic (exact) mass is 492 g/mol. The standard InChI is InChI=1S/C28H26F2N2O4/c1-3-5-11-36-23-8-6-7-20(15-23)32-17-25(27(34)24-10-9-22(33)16-26(24)32)28(35)31(4-2)21-13-18(29)12-19(30)14-21/h6-10,12-17,33H,3-5,11H2,1-2H3. The molecule has 0 fully saturated rings. The number of pyridine rings is 1. The lowest BCUT2D eigenvalue weighted by Crippen LogP contribution is -2.35. The van der Waals surface area contributed by atoms with Gasteiger partial charge in [-0.05, 0) is 49.7 Å². The zero-order valence-corrected chi connectivity index (χ0v) is 20.0. The third kappa shape index (κ3) is 5.07. The van der Waals surface area contributed by atoms with Crippen molar-refractivity contribution in [2.45, 2.75) is 26.7 Å². The zero-order valence-electron chi connectivity index (χ0n) is 20.0. The third-order valence-electron chi connectivity index (χ3n) is 5.80. The molecule has 186 valence electrons. The van der Waals surface area contributed by atoms with Gasteiger partial charge in [0.2, 0.25) is 5.43 Å². The van der Waals surface area contributed by atoms with Gasteiger partial charge in [-0.25, -0.2) is 8.78 Å². The number of benzene rings is 3. The summed E-state index contributed by atoms with van der Waals surface area (Å²) in [5, 5.41) is 10.3. The molecule has 3 aromatic carbocycles. The fourth-order valence-corrected chi connectivity index (χ4v) is 4.02. The van der Waals surface area contributed by atoms with Crippen molar-refractivity contribution in [3.05, 3.63) is 94.3 Å². The molecule has 8 heteroatoms. The van der Waals surface area contributed by atoms with Crippen molar-refractivity contribution in [1.82, 2.24) is 4.57 Å². The number of anilines is 1. The number of hydrogen-bond acceptors (Lipinski definition) is 4. The largest absolute Gasteiger partial charge is 0.508 e. The van der Waals surface area contributed by atoms with E-state index in [0.717, 1.165) is 29.9 Å². The second kappa shape index (κ2) is 10.6. The first-order valence-electron chi connectivity index (χ1n) is 11.7. The van der Waals surface area contributed by atoms with Gasteiger partial charge in [-0.1, -0.05) is 19.4 Å². The van der Waals surface area contributed by atoms with Crippen LogP contribution in [0.5, 0.6) is 11.5 Å². The third-order valence-corrected chi connectivity index (χ3v) is 5.80. The van der Waals surface area contributed by atoms with E-state index in [1.54, 1.807) is 29.7 Å². The molecule has 36 heavy (non-hydrogen) atoms. The first-order chi connectivity index (χ1) is 17.3. The van der Waals surface area contributed by atoms with Crippen LogP contribution in [-0.2, 0) is 0 Å². The van der Waals surface area contributed by atoms with Gasteiger partial charge in [0.1, 0.15) is 28.7 Å². The maximum Gasteiger partial charge on any atom is 0.263 e. The van der Waals surface area contributed by atoms with E-state index < -0.39 is 23.0 Å². The fourth-order valence-electron chi connectivity index (χ4n) is 4.02. The Kier molecular flexibility index (Phi) is 7.33. The molecule has 1 amide bonds. The predicted octanol–water partition coefficient (Wildman–Crippen LogP) is 5.82. The van der Waals surface area contributed by atoms with Gasteiger partial charge in [0.25, 0.3) is 5.91 Å². The van der Waals surface area contributed by atoms with Crippen molar-refractivity contribution >= 4 is 22.5 Å². The molecule has 0 aliphatic carbocycles. The quantitative estimate of drug-likeness (QED) is 0.315. The van der Waals surface area contributed by atoms with Gasteiger partial charge in [-0.15, -0.1) is 0 Å². The number of aromatic hydroxyl groups is 1. The Hall–Kier alpha value is -4.20. The molecule has 0 saturated carbocycles. The number of halogens is 2. The average molecular weight is 493 g/mol. The van der Waals surface area contributed by atoms with E-state index in [1.165, 1.54) is 24.4 Å². The Morgan fingerprint density at radius 3 is 2.47 bits per heavy atom. The normalized spacial score (nSPS) is 11.0. The lowest BCUT2D eigenvalue weighted by molar-refractivity contribution is 0.0987. The number of nitrogens with zero attached hydrogens (tertiary/aromatic N) is 2. The molecular formula is C28H26F2N2O4. The molecule has 4 aromatic rings. The van der Waals surface area contributed by atoms with Gasteiger partial charge in [-0.3, -0.25) is 9.59 Å². The highest BCUT2D eigenvalue weighted by molar-refractivity contribution is 6.07. The number of hydrogen-bond donors (Lipinski definition) is 1. The molecule has 0 unspecified atom stereocenters. The summed E-state index contributed by atoms with van der Waals surface area (Å²) in [6.07, 6.45) is 3.26. The van der Waals surface area contributed by atoms with E-state index in [4.69, 9.17) is 4.74 Å². The minimum absolute atomic E-state index is 0.00285. The van der Waals surface area contributed by atoms with Crippen LogP contribution in [0.25, 0.3) is 16.6 Å². The Bertz CT molecular complexity index is 1460. The first kappa shape index (κ1) is 24.9. The highest BCUT2D eigenvalue weighted by atomic mass is 19.1. The molecular weight excluding hydrogens is 466 g/mol. The van der Waals surface area contributed by atoms with Crippen LogP contribution in [0.3, 0.4) is 0 Å². The Labute approximate surface area is 207 Å². The molecule has 0 aliphatic rings. The van der Waals surface area contributed by atoms with Crippen LogP contribution in [0.4, 0.5) is 14.5 Å². The van der Waals surface area contributed by atoms with Crippen molar-refractivity contribution < 1.29 is 23.4 Å². The van der Waals surface area contributed by atoms with Gasteiger partial charge in [0, 0.05) is 47.7 Å². The zero-order chi connectivity index (χ0) is 25.8. The average Bonchev–Trinajstić information content (AvgIpc) is 2.84. The van der Waals surface area contributed by atoms with E-state index in [-0.39, 0.29) is 28.9 Å². The maximum absolute atomic E-state index is 13.9. The van der Waals surface area contributed by atoms with E-state index in [2.05, 4.69) is 6.92 Å². The van der Waals surface area contributed by atoms with Crippen LogP contribution in [-0.4, -0.2) is 28.7 Å². The number of carbonyl (C=O) groups is 1. The summed E-state index contributed by atoms with van der Waals surface area (Å²) in [7, 11) is 0. The van der Waals surface area contributed by atoms with Gasteiger partial charge in [-0.2, -0.15) is 0 Å². The predicted molar refractivity (Wildman–Crippen MR) is 135 cm³/mol. The lowest BCUT2D eigenvalue weighted by Gasteiger charge is -2.22. The second-order valence-corrected chi connectivity index (χ2v) is 8.32. The molecule has 0 spiro atoms. The summed E-state index contributed by atoms with van der Waals surface area (Å²) >= 11 is 0. The number of ether oxygens (including phenoxy) is 1. The van der Waals surface area contributed by atoms with E-state index >= 15 is 0 Å². The topological polar surface area (TPSA) is 71.8 Å². The van der Waals surface area contributed by atoms with Crippen molar-refractivity contribution in [1.29, 1.82) is 0 Å². The van der Waals surface area contributed by atoms with Crippen LogP contribution in [0.2, 0.25) is 0 Å². The number of phenols is 1. The molecule has 0 atom stereocenters. The summed E-state index contributed by atoms with van der Waals surface area (Å²) in [6.45, 7) is 4.34. The van der Waals surface area contributed by atoms with Crippen molar-refractivity contribution in [3.8, 4) is 17.2 Å². The molecule has 1 aromatic heterocycles. The minimum atomic E-state index is -0.831. The highest BCUT2D eigenvalue weighted by Crippen LogP contribution is 2.26. The molecule has 0 bridgehead atoms. The summed E-state index contributed by atoms with van der Waals surface area (Å²) in [6, 6.07) is 14.2. The molecule has 4 rings (SSSR count). The van der Waals surface area contributed by atoms with Crippen molar-refractivity contribution in [2.24, 2.45) is 0 Å². The minimum Gasteiger partial charge on any atom is -0.508 e. The van der Waals surface area contributed by atoms with Gasteiger partial charge in [0.05, 0.1) is 12.1 Å². The van der Waals surface area contributed by atoms with Gasteiger partial charge >= 0.3 is 0 Å². The van der Waals surface area contributed by atoms with Gasteiger partial charge < -0.3 is 19.3 Å². The summed E-state index contributed by atoms with van der Waals surface area (Å²) in [4.78, 5) is 28.1. The number of fused-ring (bicyclic) bond motifs is 1. The fraction of sp³-hybridized carbons (Fsp3) is 0.214. The lowest BCUT2D eigenvalue weighted by atomic mass is 10.1. The Morgan fingerprint density at radius 1 is 1.03 bits per heavy atom. The molecule has 0 aliphatic heterocycles. The molecule has 0 radical (unpaired) electrons. The van der Waals surface area contributed by atoms with E-state index in [1.807, 2.05) is 6.07 Å². The second-order valence-electron chi connectivity index (χ2n) is 8.32. The molecule has 1 N–H and O–H groups in total. The number of unbranched alkanes of at least 4 members (excludes halogenated alkanes) is 1. The SMILES string of the molecule is CCCCOc1cccc(-n2cc(C(=O)N(CC)c3cc(F)cc(F)c3)c(=O)c3ccc(O)cc32)c1. The van der Waals surface area contributed by atoms with Crippen LogP contribution in [0.15, 0.2) is 71.7 Å². The van der Waals surface area contributed by atoms with Crippen molar-refractivity contribution in [2.75, 3.05) is 18.1 Å². The Morgan fingerprint density at radius 2 is 1.78 bits per heavy atom. The van der Waals surface area contributed by atoms with Gasteiger partial charge in [0.15, 0.2) is 0 Å². The smallest absolute Gasteiger partial charge is 0.263 e. The molecule has 0 saturated heterocycles. The van der Waals surface area contributed by atoms with E-state index in [0.29, 0.717) is 29.6 Å². The number of amides is 1. The first-order valence-corrected chi connectivity index (χ1v) is 11.7. The maximum atomic E-state index is 13.9. The van der Waals surface area contributed by atoms with E-state index in [9.17, 15) is 23.5 Å². The van der Waals surface area contributed by atoms with Crippen molar-refractivity contribution in [3.63, 3.8) is 0 Å². The summed E-state index contributed by atoms with van der Waals surface area (Å²) in [5.41, 5.74) is 0.257. The van der Waals surface area contributed by atoms with Crippen LogP contribution >= 0.6 is 0 Å². The number of carbonyl (C=O) groups excluding carboxylic acids is 1. The number of phenolic OH excluding ortho intramolecular Hbond substituents is 1. The molecule has 1 heterocycles. The van der Waals surface area contributed by atoms with Crippen LogP contribution in [0, 0.1) is 11.6 Å². The highest BCUT2D eigenvalue weighted by Gasteiger charge is 2.23. The number of aromatic nitrogens is 1. The van der Waals surface area contributed by atoms with Crippen LogP contribution < -0.4 is 15.1 Å². The Balaban J connectivity index is 1.88. The molecule has 6 nitrogen and oxygen atoms in total. The van der Waals surface area contributed by atoms with Crippen LogP contribution in [0.1, 0.15) is 37.0 Å².